The number of ether oxygens (including phenoxy) is 1. The van der Waals surface area contributed by atoms with Crippen molar-refractivity contribution in [3.63, 3.8) is 0 Å². The van der Waals surface area contributed by atoms with Gasteiger partial charge in [-0.2, -0.15) is 0 Å². The predicted molar refractivity (Wildman–Crippen MR) is 84.7 cm³/mol. The Morgan fingerprint density at radius 3 is 2.71 bits per heavy atom. The lowest BCUT2D eigenvalue weighted by Gasteiger charge is -2.19. The quantitative estimate of drug-likeness (QED) is 0.852. The van der Waals surface area contributed by atoms with Crippen LogP contribution in [0.5, 0.6) is 5.75 Å². The lowest BCUT2D eigenvalue weighted by Crippen LogP contribution is -2.19. The van der Waals surface area contributed by atoms with E-state index in [9.17, 15) is 4.79 Å². The van der Waals surface area contributed by atoms with Gasteiger partial charge >= 0.3 is 0 Å². The number of H-pyrrole nitrogens is 1. The van der Waals surface area contributed by atoms with E-state index in [1.807, 2.05) is 31.3 Å². The molecule has 2 aromatic rings. The second kappa shape index (κ2) is 5.64. The minimum Gasteiger partial charge on any atom is -0.492 e. The first-order valence-corrected chi connectivity index (χ1v) is 7.47. The summed E-state index contributed by atoms with van der Waals surface area (Å²) in [7, 11) is 0. The Morgan fingerprint density at radius 2 is 2.00 bits per heavy atom. The zero-order valence-corrected chi connectivity index (χ0v) is 12.2. The molecule has 0 unspecified atom stereocenters. The largest absolute Gasteiger partial charge is 0.492 e. The van der Waals surface area contributed by atoms with Gasteiger partial charge in [0.2, 0.25) is 0 Å². The molecule has 0 atom stereocenters. The number of hydrogen-bond donors (Lipinski definition) is 2. The molecule has 0 saturated heterocycles. The third kappa shape index (κ3) is 2.53. The molecule has 0 saturated carbocycles. The molecular formula is C17H20N2O2. The topological polar surface area (TPSA) is 68.1 Å². The number of pyridine rings is 1. The molecule has 0 aliphatic heterocycles. The lowest BCUT2D eigenvalue weighted by molar-refractivity contribution is 0.342. The van der Waals surface area contributed by atoms with Crippen LogP contribution in [-0.2, 0) is 12.8 Å². The number of nitrogen functional groups attached to an aromatic ring is 1. The Hall–Kier alpha value is -2.23. The summed E-state index contributed by atoms with van der Waals surface area (Å²) in [5.74, 6) is 0.708. The van der Waals surface area contributed by atoms with Crippen LogP contribution < -0.4 is 16.0 Å². The molecular weight excluding hydrogens is 264 g/mol. The zero-order valence-electron chi connectivity index (χ0n) is 12.2. The summed E-state index contributed by atoms with van der Waals surface area (Å²) in [4.78, 5) is 14.8. The van der Waals surface area contributed by atoms with Crippen molar-refractivity contribution < 1.29 is 4.74 Å². The van der Waals surface area contributed by atoms with Gasteiger partial charge in [-0.25, -0.2) is 0 Å². The van der Waals surface area contributed by atoms with Crippen LogP contribution in [0.25, 0.3) is 11.1 Å². The first kappa shape index (κ1) is 13.7. The molecule has 4 nitrogen and oxygen atoms in total. The fourth-order valence-electron chi connectivity index (χ4n) is 3.03. The van der Waals surface area contributed by atoms with E-state index in [1.54, 1.807) is 0 Å². The van der Waals surface area contributed by atoms with Crippen LogP contribution in [-0.4, -0.2) is 11.6 Å². The molecule has 21 heavy (non-hydrogen) atoms. The SMILES string of the molecule is CCOc1ccc(-c2c[nH]c(=O)c3c2CCCC3)cc1N. The molecule has 1 aromatic carbocycles. The molecule has 3 rings (SSSR count). The molecule has 0 amide bonds. The van der Waals surface area contributed by atoms with Crippen LogP contribution in [0.15, 0.2) is 29.2 Å². The second-order valence-electron chi connectivity index (χ2n) is 5.38. The summed E-state index contributed by atoms with van der Waals surface area (Å²) in [6.07, 6.45) is 5.86. The number of rotatable bonds is 3. The van der Waals surface area contributed by atoms with Crippen LogP contribution >= 0.6 is 0 Å². The zero-order chi connectivity index (χ0) is 14.8. The highest BCUT2D eigenvalue weighted by atomic mass is 16.5. The van der Waals surface area contributed by atoms with Crippen molar-refractivity contribution in [1.82, 2.24) is 4.98 Å². The van der Waals surface area contributed by atoms with Gasteiger partial charge in [-0.05, 0) is 55.9 Å². The fraction of sp³-hybridized carbons (Fsp3) is 0.353. The van der Waals surface area contributed by atoms with E-state index in [0.717, 1.165) is 42.4 Å². The highest BCUT2D eigenvalue weighted by molar-refractivity contribution is 5.73. The molecule has 110 valence electrons. The molecule has 1 aromatic heterocycles. The van der Waals surface area contributed by atoms with Crippen molar-refractivity contribution in [2.45, 2.75) is 32.6 Å². The van der Waals surface area contributed by atoms with Crippen molar-refractivity contribution in [3.8, 4) is 16.9 Å². The average molecular weight is 284 g/mol. The standard InChI is InChI=1S/C17H20N2O2/c1-2-21-16-8-7-11(9-15(16)18)14-10-19-17(20)13-6-4-3-5-12(13)14/h7-10H,2-6,18H2,1H3,(H,19,20). The van der Waals surface area contributed by atoms with Crippen LogP contribution in [0.4, 0.5) is 5.69 Å². The van der Waals surface area contributed by atoms with E-state index in [-0.39, 0.29) is 5.56 Å². The smallest absolute Gasteiger partial charge is 0.251 e. The normalized spacial score (nSPS) is 13.8. The molecule has 0 radical (unpaired) electrons. The third-order valence-corrected chi connectivity index (χ3v) is 4.04. The van der Waals surface area contributed by atoms with Gasteiger partial charge in [-0.1, -0.05) is 6.07 Å². The summed E-state index contributed by atoms with van der Waals surface area (Å²) < 4.78 is 5.48. The Kier molecular flexibility index (Phi) is 3.69. The van der Waals surface area contributed by atoms with Crippen molar-refractivity contribution >= 4 is 5.69 Å². The van der Waals surface area contributed by atoms with Gasteiger partial charge in [-0.3, -0.25) is 4.79 Å². The highest BCUT2D eigenvalue weighted by Gasteiger charge is 2.17. The van der Waals surface area contributed by atoms with Crippen molar-refractivity contribution in [3.05, 3.63) is 45.9 Å². The Labute approximate surface area is 124 Å². The number of nitrogens with one attached hydrogen (secondary N) is 1. The summed E-state index contributed by atoms with van der Waals surface area (Å²) in [5.41, 5.74) is 11.0. The minimum absolute atomic E-state index is 0.0485. The number of aromatic amines is 1. The van der Waals surface area contributed by atoms with E-state index in [1.165, 1.54) is 5.56 Å². The summed E-state index contributed by atoms with van der Waals surface area (Å²) in [6, 6.07) is 5.83. The molecule has 1 heterocycles. The second-order valence-corrected chi connectivity index (χ2v) is 5.38. The van der Waals surface area contributed by atoms with Gasteiger partial charge in [0, 0.05) is 17.3 Å². The number of fused-ring (bicyclic) bond motifs is 1. The summed E-state index contributed by atoms with van der Waals surface area (Å²) in [6.45, 7) is 2.53. The number of anilines is 1. The minimum atomic E-state index is 0.0485. The Bertz CT molecular complexity index is 719. The van der Waals surface area contributed by atoms with Crippen molar-refractivity contribution in [2.24, 2.45) is 0 Å². The fourth-order valence-corrected chi connectivity index (χ4v) is 3.03. The predicted octanol–water partition coefficient (Wildman–Crippen LogP) is 2.90. The molecule has 0 spiro atoms. The molecule has 4 heteroatoms. The van der Waals surface area contributed by atoms with E-state index >= 15 is 0 Å². The molecule has 0 fully saturated rings. The van der Waals surface area contributed by atoms with E-state index in [4.69, 9.17) is 10.5 Å². The highest BCUT2D eigenvalue weighted by Crippen LogP contribution is 2.33. The number of hydrogen-bond acceptors (Lipinski definition) is 3. The summed E-state index contributed by atoms with van der Waals surface area (Å²) >= 11 is 0. The van der Waals surface area contributed by atoms with Gasteiger partial charge in [0.15, 0.2) is 0 Å². The first-order chi connectivity index (χ1) is 10.2. The van der Waals surface area contributed by atoms with Gasteiger partial charge in [0.25, 0.3) is 5.56 Å². The molecule has 1 aliphatic carbocycles. The van der Waals surface area contributed by atoms with Gasteiger partial charge < -0.3 is 15.5 Å². The third-order valence-electron chi connectivity index (χ3n) is 4.04. The Balaban J connectivity index is 2.09. The maximum atomic E-state index is 12.0. The summed E-state index contributed by atoms with van der Waals surface area (Å²) in [5, 5.41) is 0. The first-order valence-electron chi connectivity index (χ1n) is 7.47. The van der Waals surface area contributed by atoms with Crippen LogP contribution in [0.2, 0.25) is 0 Å². The van der Waals surface area contributed by atoms with Crippen LogP contribution in [0.3, 0.4) is 0 Å². The lowest BCUT2D eigenvalue weighted by atomic mass is 9.87. The van der Waals surface area contributed by atoms with Gasteiger partial charge in [-0.15, -0.1) is 0 Å². The van der Waals surface area contributed by atoms with Crippen LogP contribution in [0.1, 0.15) is 30.9 Å². The number of benzene rings is 1. The van der Waals surface area contributed by atoms with E-state index in [2.05, 4.69) is 4.98 Å². The maximum absolute atomic E-state index is 12.0. The molecule has 3 N–H and O–H groups in total. The maximum Gasteiger partial charge on any atom is 0.251 e. The van der Waals surface area contributed by atoms with E-state index in [0.29, 0.717) is 18.0 Å². The van der Waals surface area contributed by atoms with Crippen LogP contribution in [0, 0.1) is 0 Å². The molecule has 1 aliphatic rings. The van der Waals surface area contributed by atoms with E-state index < -0.39 is 0 Å². The molecule has 0 bridgehead atoms. The van der Waals surface area contributed by atoms with Gasteiger partial charge in [0.05, 0.1) is 12.3 Å². The average Bonchev–Trinajstić information content (AvgIpc) is 2.50. The Morgan fingerprint density at radius 1 is 1.24 bits per heavy atom. The monoisotopic (exact) mass is 284 g/mol. The van der Waals surface area contributed by atoms with Gasteiger partial charge in [0.1, 0.15) is 5.75 Å². The number of nitrogens with two attached hydrogens (primary N) is 1. The van der Waals surface area contributed by atoms with Crippen molar-refractivity contribution in [2.75, 3.05) is 12.3 Å². The number of aromatic nitrogens is 1. The van der Waals surface area contributed by atoms with Crippen molar-refractivity contribution in [1.29, 1.82) is 0 Å².